The lowest BCUT2D eigenvalue weighted by atomic mass is 9.97. The summed E-state index contributed by atoms with van der Waals surface area (Å²) in [5.41, 5.74) is 0.889. The maximum atomic E-state index is 13.1. The molecule has 2 aromatic carbocycles. The first-order valence-corrected chi connectivity index (χ1v) is 6.77. The van der Waals surface area contributed by atoms with Crippen LogP contribution >= 0.6 is 0 Å². The van der Waals surface area contributed by atoms with E-state index in [0.717, 1.165) is 12.1 Å². The molecule has 1 radical (unpaired) electrons. The smallest absolute Gasteiger partial charge is 0.416 e. The van der Waals surface area contributed by atoms with Crippen LogP contribution in [0.2, 0.25) is 0 Å². The summed E-state index contributed by atoms with van der Waals surface area (Å²) in [6.45, 7) is 3.78. The van der Waals surface area contributed by atoms with E-state index < -0.39 is 11.7 Å². The summed E-state index contributed by atoms with van der Waals surface area (Å²) in [5.74, 6) is 1.05. The minimum atomic E-state index is -4.40. The standard InChI is InChI=1S/C17H14F3O2/c1-10-6-12-7-13(17(18,19)20)9-15(16(12)22-10)11-4-3-5-14(8-11)21-2/h3-5,7-10H,1,6H2,2H3. The number of alkyl halides is 3. The Hall–Kier alpha value is -2.17. The molecule has 3 rings (SSSR count). The van der Waals surface area contributed by atoms with Gasteiger partial charge in [-0.05, 0) is 42.3 Å². The minimum absolute atomic E-state index is 0.371. The maximum Gasteiger partial charge on any atom is 0.416 e. The van der Waals surface area contributed by atoms with Gasteiger partial charge in [0.05, 0.1) is 12.7 Å². The molecule has 2 aromatic rings. The zero-order chi connectivity index (χ0) is 15.9. The first kappa shape index (κ1) is 14.8. The van der Waals surface area contributed by atoms with Crippen LogP contribution < -0.4 is 9.47 Å². The fraction of sp³-hybridized carbons (Fsp3) is 0.235. The Bertz CT molecular complexity index is 708. The van der Waals surface area contributed by atoms with Crippen molar-refractivity contribution in [2.24, 2.45) is 0 Å². The summed E-state index contributed by atoms with van der Waals surface area (Å²) in [6.07, 6.45) is -4.40. The molecular weight excluding hydrogens is 293 g/mol. The van der Waals surface area contributed by atoms with E-state index in [-0.39, 0.29) is 6.10 Å². The fourth-order valence-electron chi connectivity index (χ4n) is 2.60. The van der Waals surface area contributed by atoms with Crippen LogP contribution in [-0.2, 0) is 12.6 Å². The lowest BCUT2D eigenvalue weighted by Gasteiger charge is -2.14. The molecule has 1 atom stereocenters. The number of methoxy groups -OCH3 is 1. The van der Waals surface area contributed by atoms with Crippen LogP contribution in [0.3, 0.4) is 0 Å². The number of fused-ring (bicyclic) bond motifs is 1. The Morgan fingerprint density at radius 2 is 2.00 bits per heavy atom. The highest BCUT2D eigenvalue weighted by Crippen LogP contribution is 2.43. The average molecular weight is 307 g/mol. The van der Waals surface area contributed by atoms with Gasteiger partial charge in [-0.3, -0.25) is 0 Å². The molecule has 2 nitrogen and oxygen atoms in total. The SMILES string of the molecule is [CH2]C1Cc2cc(C(F)(F)F)cc(-c3cccc(OC)c3)c2O1. The third-order valence-electron chi connectivity index (χ3n) is 3.61. The van der Waals surface area contributed by atoms with Gasteiger partial charge in [0.1, 0.15) is 17.6 Å². The Morgan fingerprint density at radius 3 is 2.68 bits per heavy atom. The first-order chi connectivity index (χ1) is 10.4. The zero-order valence-electron chi connectivity index (χ0n) is 11.9. The van der Waals surface area contributed by atoms with Crippen LogP contribution in [0.4, 0.5) is 13.2 Å². The van der Waals surface area contributed by atoms with E-state index in [2.05, 4.69) is 6.92 Å². The lowest BCUT2D eigenvalue weighted by Crippen LogP contribution is -2.06. The van der Waals surface area contributed by atoms with Crippen LogP contribution in [0.25, 0.3) is 11.1 Å². The van der Waals surface area contributed by atoms with Crippen molar-refractivity contribution in [1.29, 1.82) is 0 Å². The molecule has 0 fully saturated rings. The molecule has 0 aromatic heterocycles. The van der Waals surface area contributed by atoms with E-state index in [1.54, 1.807) is 24.3 Å². The highest BCUT2D eigenvalue weighted by atomic mass is 19.4. The molecule has 1 unspecified atom stereocenters. The van der Waals surface area contributed by atoms with Crippen molar-refractivity contribution in [2.45, 2.75) is 18.7 Å². The normalized spacial score (nSPS) is 17.0. The Labute approximate surface area is 126 Å². The van der Waals surface area contributed by atoms with Crippen LogP contribution in [0.1, 0.15) is 11.1 Å². The third kappa shape index (κ3) is 2.63. The van der Waals surface area contributed by atoms with E-state index in [0.29, 0.717) is 34.6 Å². The van der Waals surface area contributed by atoms with E-state index in [4.69, 9.17) is 9.47 Å². The van der Waals surface area contributed by atoms with E-state index in [1.165, 1.54) is 7.11 Å². The van der Waals surface area contributed by atoms with Crippen LogP contribution in [0.15, 0.2) is 36.4 Å². The second-order valence-corrected chi connectivity index (χ2v) is 5.19. The molecule has 1 aliphatic heterocycles. The van der Waals surface area contributed by atoms with Gasteiger partial charge in [-0.1, -0.05) is 12.1 Å². The van der Waals surface area contributed by atoms with Crippen LogP contribution in [-0.4, -0.2) is 13.2 Å². The summed E-state index contributed by atoms with van der Waals surface area (Å²) < 4.78 is 50.1. The number of hydrogen-bond donors (Lipinski definition) is 0. The van der Waals surface area contributed by atoms with Crippen molar-refractivity contribution >= 4 is 0 Å². The van der Waals surface area contributed by atoms with Gasteiger partial charge < -0.3 is 9.47 Å². The molecule has 0 bridgehead atoms. The number of hydrogen-bond acceptors (Lipinski definition) is 2. The van der Waals surface area contributed by atoms with Crippen LogP contribution in [0, 0.1) is 6.92 Å². The van der Waals surface area contributed by atoms with E-state index in [9.17, 15) is 13.2 Å². The first-order valence-electron chi connectivity index (χ1n) is 6.77. The maximum absolute atomic E-state index is 13.1. The molecule has 0 saturated carbocycles. The van der Waals surface area contributed by atoms with Gasteiger partial charge in [0.25, 0.3) is 0 Å². The molecule has 1 aliphatic rings. The van der Waals surface area contributed by atoms with Gasteiger partial charge in [-0.2, -0.15) is 13.2 Å². The predicted molar refractivity (Wildman–Crippen MR) is 76.9 cm³/mol. The highest BCUT2D eigenvalue weighted by molar-refractivity contribution is 5.75. The molecule has 22 heavy (non-hydrogen) atoms. The molecule has 5 heteroatoms. The van der Waals surface area contributed by atoms with Crippen molar-refractivity contribution in [3.05, 3.63) is 54.4 Å². The molecule has 0 N–H and O–H groups in total. The van der Waals surface area contributed by atoms with Crippen molar-refractivity contribution in [1.82, 2.24) is 0 Å². The quantitative estimate of drug-likeness (QED) is 0.812. The topological polar surface area (TPSA) is 18.5 Å². The van der Waals surface area contributed by atoms with Gasteiger partial charge in [-0.15, -0.1) is 0 Å². The zero-order valence-corrected chi connectivity index (χ0v) is 11.9. The summed E-state index contributed by atoms with van der Waals surface area (Å²) in [4.78, 5) is 0. The Morgan fingerprint density at radius 1 is 1.23 bits per heavy atom. The number of halogens is 3. The molecule has 0 amide bonds. The summed E-state index contributed by atoms with van der Waals surface area (Å²) in [5, 5.41) is 0. The number of ether oxygens (including phenoxy) is 2. The van der Waals surface area contributed by atoms with Gasteiger partial charge in [0.15, 0.2) is 0 Å². The molecular formula is C17H14F3O2. The van der Waals surface area contributed by atoms with E-state index >= 15 is 0 Å². The third-order valence-corrected chi connectivity index (χ3v) is 3.61. The summed E-state index contributed by atoms with van der Waals surface area (Å²) >= 11 is 0. The second-order valence-electron chi connectivity index (χ2n) is 5.19. The largest absolute Gasteiger partial charge is 0.497 e. The van der Waals surface area contributed by atoms with Crippen molar-refractivity contribution in [3.8, 4) is 22.6 Å². The predicted octanol–water partition coefficient (Wildman–Crippen LogP) is 4.52. The fourth-order valence-corrected chi connectivity index (χ4v) is 2.60. The average Bonchev–Trinajstić information content (AvgIpc) is 2.85. The van der Waals surface area contributed by atoms with E-state index in [1.807, 2.05) is 0 Å². The van der Waals surface area contributed by atoms with Crippen molar-refractivity contribution in [3.63, 3.8) is 0 Å². The Balaban J connectivity index is 2.19. The Kier molecular flexibility index (Phi) is 3.51. The monoisotopic (exact) mass is 307 g/mol. The molecule has 0 spiro atoms. The molecule has 115 valence electrons. The minimum Gasteiger partial charge on any atom is -0.497 e. The van der Waals surface area contributed by atoms with Crippen LogP contribution in [0.5, 0.6) is 11.5 Å². The van der Waals surface area contributed by atoms with Gasteiger partial charge in [0, 0.05) is 12.0 Å². The second kappa shape index (κ2) is 5.23. The van der Waals surface area contributed by atoms with Crippen molar-refractivity contribution < 1.29 is 22.6 Å². The summed E-state index contributed by atoms with van der Waals surface area (Å²) in [6, 6.07) is 9.16. The van der Waals surface area contributed by atoms with Gasteiger partial charge >= 0.3 is 6.18 Å². The number of rotatable bonds is 2. The van der Waals surface area contributed by atoms with Gasteiger partial charge in [-0.25, -0.2) is 0 Å². The number of benzene rings is 2. The lowest BCUT2D eigenvalue weighted by molar-refractivity contribution is -0.137. The molecule has 1 heterocycles. The molecule has 0 saturated heterocycles. The highest BCUT2D eigenvalue weighted by Gasteiger charge is 2.34. The van der Waals surface area contributed by atoms with Crippen molar-refractivity contribution in [2.75, 3.05) is 7.11 Å². The van der Waals surface area contributed by atoms with Gasteiger partial charge in [0.2, 0.25) is 0 Å². The summed E-state index contributed by atoms with van der Waals surface area (Å²) in [7, 11) is 1.51. The molecule has 0 aliphatic carbocycles.